The molecule has 6 heteroatoms. The number of nitrogens with one attached hydrogen (secondary N) is 2. The maximum atomic E-state index is 11.8. The number of likely N-dealkylation sites (tertiary alicyclic amines) is 1. The average Bonchev–Trinajstić information content (AvgIpc) is 2.34. The largest absolute Gasteiger partial charge is 0.350 e. The minimum absolute atomic E-state index is 0.0179. The molecule has 1 rings (SSSR count). The van der Waals surface area contributed by atoms with Crippen molar-refractivity contribution in [2.75, 3.05) is 33.7 Å². The zero-order chi connectivity index (χ0) is 15.3. The lowest BCUT2D eigenvalue weighted by atomic mass is 10.1. The molecule has 3 amide bonds. The zero-order valence-electron chi connectivity index (χ0n) is 13.3. The van der Waals surface area contributed by atoms with E-state index in [-0.39, 0.29) is 17.5 Å². The van der Waals surface area contributed by atoms with E-state index >= 15 is 0 Å². The molecule has 0 spiro atoms. The maximum Gasteiger partial charge on any atom is 0.319 e. The third-order valence-corrected chi connectivity index (χ3v) is 3.21. The number of amides is 3. The topological polar surface area (TPSA) is 64.7 Å². The van der Waals surface area contributed by atoms with Gasteiger partial charge >= 0.3 is 6.03 Å². The molecule has 1 fully saturated rings. The van der Waals surface area contributed by atoms with Crippen LogP contribution in [0, 0.1) is 0 Å². The van der Waals surface area contributed by atoms with E-state index in [4.69, 9.17) is 0 Å². The van der Waals surface area contributed by atoms with Crippen molar-refractivity contribution in [2.24, 2.45) is 0 Å². The molecule has 1 aliphatic heterocycles. The molecular weight excluding hydrogens is 256 g/mol. The monoisotopic (exact) mass is 284 g/mol. The lowest BCUT2D eigenvalue weighted by molar-refractivity contribution is -0.121. The predicted octanol–water partition coefficient (Wildman–Crippen LogP) is 0.637. The van der Waals surface area contributed by atoms with Crippen LogP contribution in [0.1, 0.15) is 33.6 Å². The lowest BCUT2D eigenvalue weighted by Crippen LogP contribution is -2.51. The van der Waals surface area contributed by atoms with Gasteiger partial charge in [-0.1, -0.05) is 0 Å². The molecule has 20 heavy (non-hydrogen) atoms. The molecule has 0 saturated carbocycles. The van der Waals surface area contributed by atoms with Gasteiger partial charge in [-0.2, -0.15) is 0 Å². The van der Waals surface area contributed by atoms with Gasteiger partial charge in [0, 0.05) is 38.8 Å². The average molecular weight is 284 g/mol. The quantitative estimate of drug-likeness (QED) is 0.799. The highest BCUT2D eigenvalue weighted by Crippen LogP contribution is 2.11. The van der Waals surface area contributed by atoms with Crippen LogP contribution < -0.4 is 10.6 Å². The number of piperidine rings is 1. The highest BCUT2D eigenvalue weighted by Gasteiger charge is 2.24. The number of hydrogen-bond acceptors (Lipinski definition) is 3. The van der Waals surface area contributed by atoms with Gasteiger partial charge in [0.15, 0.2) is 0 Å². The van der Waals surface area contributed by atoms with Crippen molar-refractivity contribution in [1.82, 2.24) is 20.4 Å². The molecule has 1 heterocycles. The van der Waals surface area contributed by atoms with E-state index in [1.165, 1.54) is 0 Å². The zero-order valence-corrected chi connectivity index (χ0v) is 13.3. The summed E-state index contributed by atoms with van der Waals surface area (Å²) in [5, 5.41) is 6.20. The Balaban J connectivity index is 2.26. The van der Waals surface area contributed by atoms with Crippen LogP contribution in [-0.4, -0.2) is 67.0 Å². The number of nitrogens with zero attached hydrogens (tertiary/aromatic N) is 2. The predicted molar refractivity (Wildman–Crippen MR) is 79.6 cm³/mol. The van der Waals surface area contributed by atoms with Crippen molar-refractivity contribution in [3.05, 3.63) is 0 Å². The molecule has 1 saturated heterocycles. The van der Waals surface area contributed by atoms with E-state index in [1.807, 2.05) is 25.7 Å². The Morgan fingerprint density at radius 3 is 2.20 bits per heavy atom. The van der Waals surface area contributed by atoms with E-state index in [9.17, 15) is 9.59 Å². The molecule has 0 unspecified atom stereocenters. The smallest absolute Gasteiger partial charge is 0.319 e. The Kier molecular flexibility index (Phi) is 5.80. The first-order valence-corrected chi connectivity index (χ1v) is 7.19. The molecular formula is C14H28N4O2. The molecule has 6 nitrogen and oxygen atoms in total. The number of hydrogen-bond donors (Lipinski definition) is 2. The first-order valence-electron chi connectivity index (χ1n) is 7.19. The molecule has 0 aromatic rings. The van der Waals surface area contributed by atoms with Crippen molar-refractivity contribution in [3.8, 4) is 0 Å². The van der Waals surface area contributed by atoms with Crippen LogP contribution in [0.4, 0.5) is 4.79 Å². The summed E-state index contributed by atoms with van der Waals surface area (Å²) in [4.78, 5) is 27.0. The van der Waals surface area contributed by atoms with Gasteiger partial charge in [-0.25, -0.2) is 4.79 Å². The Morgan fingerprint density at radius 1 is 1.20 bits per heavy atom. The molecule has 0 bridgehead atoms. The first-order chi connectivity index (χ1) is 9.19. The summed E-state index contributed by atoms with van der Waals surface area (Å²) in [6, 6.07) is 0.376. The molecule has 2 N–H and O–H groups in total. The second-order valence-electron chi connectivity index (χ2n) is 6.62. The summed E-state index contributed by atoms with van der Waals surface area (Å²) in [6.07, 6.45) is 1.78. The van der Waals surface area contributed by atoms with Crippen LogP contribution in [0.15, 0.2) is 0 Å². The van der Waals surface area contributed by atoms with E-state index in [0.29, 0.717) is 12.6 Å². The van der Waals surface area contributed by atoms with Crippen LogP contribution in [0.5, 0.6) is 0 Å². The highest BCUT2D eigenvalue weighted by molar-refractivity contribution is 5.78. The summed E-state index contributed by atoms with van der Waals surface area (Å²) in [7, 11) is 3.53. The van der Waals surface area contributed by atoms with Gasteiger partial charge in [-0.05, 0) is 33.6 Å². The summed E-state index contributed by atoms with van der Waals surface area (Å²) in [6.45, 7) is 7.73. The molecule has 0 radical (unpaired) electrons. The molecule has 0 aliphatic carbocycles. The van der Waals surface area contributed by atoms with E-state index < -0.39 is 0 Å². The van der Waals surface area contributed by atoms with E-state index in [0.717, 1.165) is 25.9 Å². The number of carbonyl (C=O) groups is 2. The fourth-order valence-electron chi connectivity index (χ4n) is 2.26. The maximum absolute atomic E-state index is 11.8. The molecule has 0 aromatic carbocycles. The third kappa shape index (κ3) is 5.77. The molecule has 1 aliphatic rings. The lowest BCUT2D eigenvalue weighted by Gasteiger charge is -2.34. The second-order valence-corrected chi connectivity index (χ2v) is 6.62. The van der Waals surface area contributed by atoms with Gasteiger partial charge in [-0.3, -0.25) is 4.79 Å². The minimum atomic E-state index is -0.194. The SMILES string of the molecule is CN(C)C(=O)N1CCC(NCC(=O)NC(C)(C)C)CC1. The summed E-state index contributed by atoms with van der Waals surface area (Å²) >= 11 is 0. The summed E-state index contributed by atoms with van der Waals surface area (Å²) < 4.78 is 0. The van der Waals surface area contributed by atoms with Gasteiger partial charge in [0.2, 0.25) is 5.91 Å². The first kappa shape index (κ1) is 16.8. The van der Waals surface area contributed by atoms with Crippen LogP contribution in [0.25, 0.3) is 0 Å². The highest BCUT2D eigenvalue weighted by atomic mass is 16.2. The third-order valence-electron chi connectivity index (χ3n) is 3.21. The summed E-state index contributed by atoms with van der Waals surface area (Å²) in [5.74, 6) is 0.0179. The standard InChI is InChI=1S/C14H28N4O2/c1-14(2,3)16-12(19)10-15-11-6-8-18(9-7-11)13(20)17(4)5/h11,15H,6-10H2,1-5H3,(H,16,19). The fraction of sp³-hybridized carbons (Fsp3) is 0.857. The van der Waals surface area contributed by atoms with Crippen LogP contribution in [0.2, 0.25) is 0 Å². The van der Waals surface area contributed by atoms with Gasteiger partial charge < -0.3 is 20.4 Å². The van der Waals surface area contributed by atoms with Crippen LogP contribution in [-0.2, 0) is 4.79 Å². The van der Waals surface area contributed by atoms with Crippen molar-refractivity contribution in [3.63, 3.8) is 0 Å². The van der Waals surface area contributed by atoms with Crippen molar-refractivity contribution < 1.29 is 9.59 Å². The number of carbonyl (C=O) groups excluding carboxylic acids is 2. The van der Waals surface area contributed by atoms with E-state index in [1.54, 1.807) is 19.0 Å². The van der Waals surface area contributed by atoms with Gasteiger partial charge in [0.1, 0.15) is 0 Å². The normalized spacial score (nSPS) is 16.9. The molecule has 0 atom stereocenters. The Morgan fingerprint density at radius 2 is 1.75 bits per heavy atom. The van der Waals surface area contributed by atoms with E-state index in [2.05, 4.69) is 10.6 Å². The molecule has 0 aromatic heterocycles. The minimum Gasteiger partial charge on any atom is -0.350 e. The summed E-state index contributed by atoms with van der Waals surface area (Å²) in [5.41, 5.74) is -0.194. The number of urea groups is 1. The van der Waals surface area contributed by atoms with Crippen LogP contribution >= 0.6 is 0 Å². The fourth-order valence-corrected chi connectivity index (χ4v) is 2.26. The van der Waals surface area contributed by atoms with Crippen LogP contribution in [0.3, 0.4) is 0 Å². The Bertz CT molecular complexity index is 342. The Labute approximate surface area is 121 Å². The second kappa shape index (κ2) is 6.92. The van der Waals surface area contributed by atoms with Crippen molar-refractivity contribution in [1.29, 1.82) is 0 Å². The molecule has 116 valence electrons. The van der Waals surface area contributed by atoms with Gasteiger partial charge in [0.25, 0.3) is 0 Å². The van der Waals surface area contributed by atoms with Gasteiger partial charge in [0.05, 0.1) is 6.54 Å². The van der Waals surface area contributed by atoms with Crippen molar-refractivity contribution >= 4 is 11.9 Å². The Hall–Kier alpha value is -1.30. The van der Waals surface area contributed by atoms with Gasteiger partial charge in [-0.15, -0.1) is 0 Å². The number of rotatable bonds is 3. The van der Waals surface area contributed by atoms with Crippen molar-refractivity contribution in [2.45, 2.75) is 45.2 Å².